The summed E-state index contributed by atoms with van der Waals surface area (Å²) in [6.45, 7) is 1.63. The minimum atomic E-state index is -0.925. The number of ketones is 1. The first kappa shape index (κ1) is 13.7. The van der Waals surface area contributed by atoms with Crippen molar-refractivity contribution in [2.24, 2.45) is 11.8 Å². The molecule has 1 aliphatic carbocycles. The maximum Gasteiger partial charge on any atom is 0.307 e. The largest absolute Gasteiger partial charge is 0.481 e. The summed E-state index contributed by atoms with van der Waals surface area (Å²) in [7, 11) is 0. The molecular formula is C15H17FO3. The first-order chi connectivity index (χ1) is 9.00. The fourth-order valence-corrected chi connectivity index (χ4v) is 2.70. The summed E-state index contributed by atoms with van der Waals surface area (Å²) in [6, 6.07) is 4.35. The van der Waals surface area contributed by atoms with E-state index >= 15 is 0 Å². The molecule has 0 unspecified atom stereocenters. The zero-order chi connectivity index (χ0) is 14.0. The molecule has 0 aromatic heterocycles. The summed E-state index contributed by atoms with van der Waals surface area (Å²) in [4.78, 5) is 23.5. The Labute approximate surface area is 111 Å². The van der Waals surface area contributed by atoms with Crippen LogP contribution in [0.25, 0.3) is 0 Å². The second-order valence-corrected chi connectivity index (χ2v) is 5.16. The SMILES string of the molecule is Cc1ccc(C(=O)[C@@H]2CCCC[C@@H]2C(=O)O)cc1F. The predicted molar refractivity (Wildman–Crippen MR) is 68.6 cm³/mol. The van der Waals surface area contributed by atoms with E-state index in [1.807, 2.05) is 0 Å². The molecule has 0 heterocycles. The van der Waals surface area contributed by atoms with Gasteiger partial charge >= 0.3 is 5.97 Å². The van der Waals surface area contributed by atoms with Crippen molar-refractivity contribution in [3.63, 3.8) is 0 Å². The minimum Gasteiger partial charge on any atom is -0.481 e. The molecule has 1 N–H and O–H groups in total. The Bertz CT molecular complexity index is 510. The second-order valence-electron chi connectivity index (χ2n) is 5.16. The van der Waals surface area contributed by atoms with E-state index in [0.717, 1.165) is 12.8 Å². The number of benzene rings is 1. The lowest BCUT2D eigenvalue weighted by Gasteiger charge is -2.27. The Hall–Kier alpha value is -1.71. The molecule has 0 amide bonds. The summed E-state index contributed by atoms with van der Waals surface area (Å²) in [5.74, 6) is -2.75. The van der Waals surface area contributed by atoms with Gasteiger partial charge in [0.15, 0.2) is 5.78 Å². The fourth-order valence-electron chi connectivity index (χ4n) is 2.70. The van der Waals surface area contributed by atoms with Gasteiger partial charge in [0.1, 0.15) is 5.82 Å². The van der Waals surface area contributed by atoms with E-state index in [1.165, 1.54) is 6.07 Å². The van der Waals surface area contributed by atoms with Crippen molar-refractivity contribution < 1.29 is 19.1 Å². The van der Waals surface area contributed by atoms with Crippen LogP contribution in [0.5, 0.6) is 0 Å². The maximum atomic E-state index is 13.5. The molecule has 1 aliphatic rings. The molecule has 4 heteroatoms. The molecule has 0 bridgehead atoms. The van der Waals surface area contributed by atoms with Gasteiger partial charge in [-0.2, -0.15) is 0 Å². The molecule has 0 aliphatic heterocycles. The number of carbonyl (C=O) groups is 2. The van der Waals surface area contributed by atoms with Gasteiger partial charge in [0.05, 0.1) is 5.92 Å². The number of halogens is 1. The van der Waals surface area contributed by atoms with Crippen LogP contribution in [0.15, 0.2) is 18.2 Å². The van der Waals surface area contributed by atoms with Gasteiger partial charge in [0.2, 0.25) is 0 Å². The number of carboxylic acid groups (broad SMARTS) is 1. The lowest BCUT2D eigenvalue weighted by Crippen LogP contribution is -2.32. The predicted octanol–water partition coefficient (Wildman–Crippen LogP) is 3.21. The highest BCUT2D eigenvalue weighted by molar-refractivity contribution is 6.00. The van der Waals surface area contributed by atoms with Crippen molar-refractivity contribution in [2.75, 3.05) is 0 Å². The molecule has 19 heavy (non-hydrogen) atoms. The van der Waals surface area contributed by atoms with Crippen molar-refractivity contribution in [3.05, 3.63) is 35.1 Å². The lowest BCUT2D eigenvalue weighted by molar-refractivity contribution is -0.144. The van der Waals surface area contributed by atoms with Gasteiger partial charge < -0.3 is 5.11 Å². The zero-order valence-corrected chi connectivity index (χ0v) is 10.9. The number of hydrogen-bond donors (Lipinski definition) is 1. The topological polar surface area (TPSA) is 54.4 Å². The summed E-state index contributed by atoms with van der Waals surface area (Å²) >= 11 is 0. The van der Waals surface area contributed by atoms with Gasteiger partial charge in [0, 0.05) is 11.5 Å². The molecule has 1 saturated carbocycles. The van der Waals surface area contributed by atoms with Crippen LogP contribution in [0.1, 0.15) is 41.6 Å². The third-order valence-electron chi connectivity index (χ3n) is 3.88. The molecule has 2 atom stereocenters. The van der Waals surface area contributed by atoms with Crippen LogP contribution in [0, 0.1) is 24.6 Å². The molecular weight excluding hydrogens is 247 g/mol. The number of hydrogen-bond acceptors (Lipinski definition) is 2. The van der Waals surface area contributed by atoms with Crippen molar-refractivity contribution >= 4 is 11.8 Å². The molecule has 1 aromatic carbocycles. The van der Waals surface area contributed by atoms with Crippen molar-refractivity contribution in [1.82, 2.24) is 0 Å². The standard InChI is InChI=1S/C15H17FO3/c1-9-6-7-10(8-13(9)16)14(17)11-4-2-3-5-12(11)15(18)19/h6-8,11-12H,2-5H2,1H3,(H,18,19)/t11-,12+/m1/s1. The Balaban J connectivity index is 2.26. The molecule has 3 nitrogen and oxygen atoms in total. The molecule has 1 fully saturated rings. The number of aliphatic carboxylic acids is 1. The Morgan fingerprint density at radius 1 is 1.21 bits per heavy atom. The van der Waals surface area contributed by atoms with Gasteiger partial charge in [-0.25, -0.2) is 4.39 Å². The lowest BCUT2D eigenvalue weighted by atomic mass is 9.75. The molecule has 1 aromatic rings. The molecule has 0 radical (unpaired) electrons. The fraction of sp³-hybridized carbons (Fsp3) is 0.467. The smallest absolute Gasteiger partial charge is 0.307 e. The quantitative estimate of drug-likeness (QED) is 0.853. The molecule has 2 rings (SSSR count). The monoisotopic (exact) mass is 264 g/mol. The molecule has 0 spiro atoms. The van der Waals surface area contributed by atoms with Gasteiger partial charge in [-0.1, -0.05) is 25.0 Å². The number of carbonyl (C=O) groups excluding carboxylic acids is 1. The van der Waals surface area contributed by atoms with Crippen LogP contribution in [0.2, 0.25) is 0 Å². The van der Waals surface area contributed by atoms with Gasteiger partial charge in [-0.05, 0) is 31.4 Å². The average molecular weight is 264 g/mol. The summed E-state index contributed by atoms with van der Waals surface area (Å²) in [5.41, 5.74) is 0.760. The highest BCUT2D eigenvalue weighted by Crippen LogP contribution is 2.33. The minimum absolute atomic E-state index is 0.244. The first-order valence-electron chi connectivity index (χ1n) is 6.54. The summed E-state index contributed by atoms with van der Waals surface area (Å²) < 4.78 is 13.5. The van der Waals surface area contributed by atoms with Crippen LogP contribution in [0.4, 0.5) is 4.39 Å². The number of carboxylic acids is 1. The Morgan fingerprint density at radius 2 is 1.84 bits per heavy atom. The van der Waals surface area contributed by atoms with Crippen molar-refractivity contribution in [2.45, 2.75) is 32.6 Å². The van der Waals surface area contributed by atoms with Crippen LogP contribution in [-0.4, -0.2) is 16.9 Å². The van der Waals surface area contributed by atoms with E-state index in [9.17, 15) is 19.1 Å². The number of aryl methyl sites for hydroxylation is 1. The van der Waals surface area contributed by atoms with E-state index < -0.39 is 23.6 Å². The van der Waals surface area contributed by atoms with Crippen LogP contribution in [0.3, 0.4) is 0 Å². The third-order valence-corrected chi connectivity index (χ3v) is 3.88. The average Bonchev–Trinajstić information content (AvgIpc) is 2.41. The van der Waals surface area contributed by atoms with Gasteiger partial charge in [0.25, 0.3) is 0 Å². The Morgan fingerprint density at radius 3 is 2.42 bits per heavy atom. The summed E-state index contributed by atoms with van der Waals surface area (Å²) in [6.07, 6.45) is 2.79. The van der Waals surface area contributed by atoms with Gasteiger partial charge in [-0.15, -0.1) is 0 Å². The maximum absolute atomic E-state index is 13.5. The Kier molecular flexibility index (Phi) is 3.98. The first-order valence-corrected chi connectivity index (χ1v) is 6.54. The van der Waals surface area contributed by atoms with Crippen LogP contribution >= 0.6 is 0 Å². The van der Waals surface area contributed by atoms with E-state index in [0.29, 0.717) is 18.4 Å². The number of rotatable bonds is 3. The number of Topliss-reactive ketones (excluding diaryl/α,β-unsaturated/α-hetero) is 1. The van der Waals surface area contributed by atoms with Crippen LogP contribution < -0.4 is 0 Å². The van der Waals surface area contributed by atoms with Crippen molar-refractivity contribution in [1.29, 1.82) is 0 Å². The van der Waals surface area contributed by atoms with E-state index in [1.54, 1.807) is 19.1 Å². The third kappa shape index (κ3) is 2.83. The molecule has 102 valence electrons. The highest BCUT2D eigenvalue weighted by atomic mass is 19.1. The van der Waals surface area contributed by atoms with E-state index in [2.05, 4.69) is 0 Å². The zero-order valence-electron chi connectivity index (χ0n) is 10.9. The summed E-state index contributed by atoms with van der Waals surface area (Å²) in [5, 5.41) is 9.18. The second kappa shape index (κ2) is 5.51. The van der Waals surface area contributed by atoms with E-state index in [-0.39, 0.29) is 11.3 Å². The van der Waals surface area contributed by atoms with Crippen LogP contribution in [-0.2, 0) is 4.79 Å². The van der Waals surface area contributed by atoms with Crippen molar-refractivity contribution in [3.8, 4) is 0 Å². The van der Waals surface area contributed by atoms with E-state index in [4.69, 9.17) is 0 Å². The normalized spacial score (nSPS) is 23.1. The van der Waals surface area contributed by atoms with Gasteiger partial charge in [-0.3, -0.25) is 9.59 Å². The molecule has 0 saturated heterocycles. The highest BCUT2D eigenvalue weighted by Gasteiger charge is 2.36.